The molecule has 0 aliphatic rings. The smallest absolute Gasteiger partial charge is 0.423 e. The number of anilines is 1. The van der Waals surface area contributed by atoms with E-state index < -0.39 is 7.12 Å². The lowest BCUT2D eigenvalue weighted by Crippen LogP contribution is -2.14. The van der Waals surface area contributed by atoms with Crippen molar-refractivity contribution in [3.05, 3.63) is 35.3 Å². The second-order valence-corrected chi connectivity index (χ2v) is 3.08. The molecule has 0 amide bonds. The highest BCUT2D eigenvalue weighted by atomic mass is 16.4. The van der Waals surface area contributed by atoms with Gasteiger partial charge in [0.25, 0.3) is 0 Å². The van der Waals surface area contributed by atoms with Crippen LogP contribution in [0.15, 0.2) is 29.7 Å². The van der Waals surface area contributed by atoms with Gasteiger partial charge in [-0.3, -0.25) is 0 Å². The van der Waals surface area contributed by atoms with Crippen LogP contribution in [0.25, 0.3) is 6.08 Å². The van der Waals surface area contributed by atoms with Crippen molar-refractivity contribution in [1.82, 2.24) is 0 Å². The largest absolute Gasteiger partial charge is 0.484 e. The lowest BCUT2D eigenvalue weighted by Gasteiger charge is -2.04. The van der Waals surface area contributed by atoms with E-state index in [1.807, 2.05) is 25.1 Å². The summed E-state index contributed by atoms with van der Waals surface area (Å²) in [5.41, 5.74) is 7.73. The Bertz CT molecular complexity index is 337. The highest BCUT2D eigenvalue weighted by Gasteiger charge is 2.12. The molecule has 0 radical (unpaired) electrons. The molecule has 14 heavy (non-hydrogen) atoms. The molecule has 4 N–H and O–H groups in total. The van der Waals surface area contributed by atoms with Crippen LogP contribution in [0.5, 0.6) is 0 Å². The molecule has 0 aliphatic carbocycles. The van der Waals surface area contributed by atoms with E-state index in [2.05, 4.69) is 0 Å². The van der Waals surface area contributed by atoms with Crippen LogP contribution >= 0.6 is 0 Å². The van der Waals surface area contributed by atoms with Crippen LogP contribution in [0.1, 0.15) is 18.9 Å². The second-order valence-electron chi connectivity index (χ2n) is 3.08. The average molecular weight is 191 g/mol. The van der Waals surface area contributed by atoms with Gasteiger partial charge in [0.2, 0.25) is 0 Å². The molecule has 74 valence electrons. The van der Waals surface area contributed by atoms with Crippen LogP contribution in [0, 0.1) is 0 Å². The summed E-state index contributed by atoms with van der Waals surface area (Å²) in [4.78, 5) is 0. The fourth-order valence-corrected chi connectivity index (χ4v) is 1.20. The number of hydrogen-bond acceptors (Lipinski definition) is 3. The first-order valence-electron chi connectivity index (χ1n) is 4.56. The van der Waals surface area contributed by atoms with E-state index in [4.69, 9.17) is 15.8 Å². The van der Waals surface area contributed by atoms with Gasteiger partial charge in [-0.15, -0.1) is 0 Å². The first-order chi connectivity index (χ1) is 6.65. The zero-order valence-corrected chi connectivity index (χ0v) is 8.14. The Balaban J connectivity index is 3.00. The van der Waals surface area contributed by atoms with E-state index in [9.17, 15) is 0 Å². The summed E-state index contributed by atoms with van der Waals surface area (Å²) in [6.07, 6.45) is 2.30. The zero-order chi connectivity index (χ0) is 10.6. The molecule has 0 fully saturated rings. The maximum atomic E-state index is 9.01. The Hall–Kier alpha value is -1.26. The fourth-order valence-electron chi connectivity index (χ4n) is 1.20. The highest BCUT2D eigenvalue weighted by molar-refractivity contribution is 6.51. The van der Waals surface area contributed by atoms with Crippen molar-refractivity contribution in [2.24, 2.45) is 0 Å². The van der Waals surface area contributed by atoms with E-state index in [1.54, 1.807) is 12.1 Å². The Labute approximate surface area is 84.0 Å². The Morgan fingerprint density at radius 3 is 2.57 bits per heavy atom. The molecular formula is C10H14BNO2. The van der Waals surface area contributed by atoms with Crippen LogP contribution in [-0.4, -0.2) is 17.2 Å². The molecular weight excluding hydrogens is 177 g/mol. The summed E-state index contributed by atoms with van der Waals surface area (Å²) >= 11 is 0. The zero-order valence-electron chi connectivity index (χ0n) is 8.14. The molecule has 0 spiro atoms. The van der Waals surface area contributed by atoms with E-state index in [-0.39, 0.29) is 0 Å². The first kappa shape index (κ1) is 10.8. The Morgan fingerprint density at radius 2 is 2.07 bits per heavy atom. The van der Waals surface area contributed by atoms with Gasteiger partial charge in [0.05, 0.1) is 0 Å². The summed E-state index contributed by atoms with van der Waals surface area (Å²) in [6.45, 7) is 1.87. The van der Waals surface area contributed by atoms with Crippen molar-refractivity contribution in [3.63, 3.8) is 0 Å². The highest BCUT2D eigenvalue weighted by Crippen LogP contribution is 2.16. The van der Waals surface area contributed by atoms with Gasteiger partial charge in [0, 0.05) is 5.69 Å². The third-order valence-electron chi connectivity index (χ3n) is 2.08. The maximum absolute atomic E-state index is 9.01. The van der Waals surface area contributed by atoms with Crippen molar-refractivity contribution in [3.8, 4) is 0 Å². The van der Waals surface area contributed by atoms with Crippen LogP contribution in [-0.2, 0) is 0 Å². The summed E-state index contributed by atoms with van der Waals surface area (Å²) < 4.78 is 0. The standard InChI is InChI=1S/C10H14BNO2/c1-2-9(11(13)14)7-8-5-3-4-6-10(8)12/h3-7,13-14H,2,12H2,1H3. The van der Waals surface area contributed by atoms with Gasteiger partial charge >= 0.3 is 7.12 Å². The van der Waals surface area contributed by atoms with Gasteiger partial charge in [-0.05, 0) is 23.5 Å². The van der Waals surface area contributed by atoms with Crippen molar-refractivity contribution in [2.45, 2.75) is 13.3 Å². The Morgan fingerprint density at radius 1 is 1.43 bits per heavy atom. The van der Waals surface area contributed by atoms with E-state index in [0.29, 0.717) is 17.6 Å². The molecule has 3 nitrogen and oxygen atoms in total. The molecule has 0 atom stereocenters. The lowest BCUT2D eigenvalue weighted by molar-refractivity contribution is 0.417. The second kappa shape index (κ2) is 4.84. The van der Waals surface area contributed by atoms with Gasteiger partial charge in [-0.2, -0.15) is 0 Å². The van der Waals surface area contributed by atoms with Crippen LogP contribution in [0.3, 0.4) is 0 Å². The summed E-state index contributed by atoms with van der Waals surface area (Å²) in [5.74, 6) is 0. The molecule has 1 aromatic carbocycles. The third kappa shape index (κ3) is 2.62. The van der Waals surface area contributed by atoms with Crippen LogP contribution < -0.4 is 5.73 Å². The van der Waals surface area contributed by atoms with E-state index >= 15 is 0 Å². The van der Waals surface area contributed by atoms with Crippen LogP contribution in [0.2, 0.25) is 0 Å². The monoisotopic (exact) mass is 191 g/mol. The number of para-hydroxylation sites is 1. The summed E-state index contributed by atoms with van der Waals surface area (Å²) in [6, 6.07) is 7.32. The van der Waals surface area contributed by atoms with Crippen molar-refractivity contribution in [2.75, 3.05) is 5.73 Å². The molecule has 0 bridgehead atoms. The number of nitrogens with two attached hydrogens (primary N) is 1. The van der Waals surface area contributed by atoms with E-state index in [0.717, 1.165) is 5.56 Å². The minimum absolute atomic E-state index is 0.558. The third-order valence-corrected chi connectivity index (χ3v) is 2.08. The maximum Gasteiger partial charge on any atom is 0.484 e. The fraction of sp³-hybridized carbons (Fsp3) is 0.200. The molecule has 0 aromatic heterocycles. The molecule has 0 saturated heterocycles. The normalized spacial score (nSPS) is 11.5. The predicted molar refractivity (Wildman–Crippen MR) is 59.3 cm³/mol. The van der Waals surface area contributed by atoms with Gasteiger partial charge in [0.1, 0.15) is 0 Å². The summed E-state index contributed by atoms with van der Waals surface area (Å²) in [5, 5.41) is 18.0. The van der Waals surface area contributed by atoms with Crippen molar-refractivity contribution in [1.29, 1.82) is 0 Å². The number of allylic oxidation sites excluding steroid dienone is 1. The van der Waals surface area contributed by atoms with Gasteiger partial charge in [-0.1, -0.05) is 31.2 Å². The molecule has 4 heteroatoms. The summed E-state index contributed by atoms with van der Waals surface area (Å²) in [7, 11) is -1.40. The number of benzene rings is 1. The lowest BCUT2D eigenvalue weighted by atomic mass is 9.76. The SMILES string of the molecule is CCC(=Cc1ccccc1N)B(O)O. The molecule has 0 unspecified atom stereocenters. The van der Waals surface area contributed by atoms with E-state index in [1.165, 1.54) is 0 Å². The molecule has 1 rings (SSSR count). The first-order valence-corrected chi connectivity index (χ1v) is 4.56. The minimum Gasteiger partial charge on any atom is -0.423 e. The van der Waals surface area contributed by atoms with Gasteiger partial charge in [-0.25, -0.2) is 0 Å². The predicted octanol–water partition coefficient (Wildman–Crippen LogP) is 1.07. The molecule has 0 aliphatic heterocycles. The molecule has 1 aromatic rings. The number of nitrogen functional groups attached to an aromatic ring is 1. The number of hydrogen-bond donors (Lipinski definition) is 3. The molecule has 0 saturated carbocycles. The average Bonchev–Trinajstić information content (AvgIpc) is 2.16. The molecule has 0 heterocycles. The van der Waals surface area contributed by atoms with Gasteiger partial charge in [0.15, 0.2) is 0 Å². The minimum atomic E-state index is -1.40. The quantitative estimate of drug-likeness (QED) is 0.494. The van der Waals surface area contributed by atoms with Crippen molar-refractivity contribution >= 4 is 18.9 Å². The van der Waals surface area contributed by atoms with Crippen LogP contribution in [0.4, 0.5) is 5.69 Å². The number of rotatable bonds is 3. The topological polar surface area (TPSA) is 66.5 Å². The Kier molecular flexibility index (Phi) is 3.74. The van der Waals surface area contributed by atoms with Gasteiger partial charge < -0.3 is 15.8 Å². The van der Waals surface area contributed by atoms with Crippen molar-refractivity contribution < 1.29 is 10.0 Å².